The molecule has 5 N–H and O–H groups in total. The Bertz CT molecular complexity index is 1540. The van der Waals surface area contributed by atoms with Crippen molar-refractivity contribution in [1.82, 2.24) is 19.9 Å². The number of aromatic nitrogens is 1. The van der Waals surface area contributed by atoms with E-state index in [4.69, 9.17) is 15.3 Å². The number of nitrogens with zero attached hydrogens (tertiary/aromatic N) is 4. The average molecular weight is 628 g/mol. The summed E-state index contributed by atoms with van der Waals surface area (Å²) in [6.45, 7) is 3.02. The third-order valence-corrected chi connectivity index (χ3v) is 7.24. The van der Waals surface area contributed by atoms with Gasteiger partial charge in [-0.3, -0.25) is 29.1 Å². The van der Waals surface area contributed by atoms with Crippen molar-refractivity contribution >= 4 is 61.9 Å². The SMILES string of the molecule is CC(=O)NC[C@H]1[C@@H](NC(=O)/C(=N\OC(C)(C)C(=O)OCc2ccc([N+](=O)[O-])cc2)c2csc(N)n2)C(=O)N1S(=O)(=O)O. The molecule has 20 heteroatoms. The average Bonchev–Trinajstić information content (AvgIpc) is 3.32. The van der Waals surface area contributed by atoms with Gasteiger partial charge >= 0.3 is 16.3 Å². The Morgan fingerprint density at radius 3 is 2.45 bits per heavy atom. The van der Waals surface area contributed by atoms with E-state index in [2.05, 4.69) is 20.8 Å². The topological polar surface area (TPSA) is 263 Å². The van der Waals surface area contributed by atoms with Gasteiger partial charge in [0.15, 0.2) is 10.8 Å². The van der Waals surface area contributed by atoms with Crippen LogP contribution in [0.3, 0.4) is 0 Å². The second-order valence-corrected chi connectivity index (χ2v) is 11.4. The van der Waals surface area contributed by atoms with E-state index in [-0.39, 0.29) is 27.4 Å². The first kappa shape index (κ1) is 31.8. The molecule has 1 fully saturated rings. The van der Waals surface area contributed by atoms with E-state index < -0.39 is 68.9 Å². The van der Waals surface area contributed by atoms with Gasteiger partial charge in [0, 0.05) is 31.0 Å². The number of thiazole rings is 1. The quantitative estimate of drug-likeness (QED) is 0.0579. The number of nitrogens with two attached hydrogens (primary N) is 1. The number of ether oxygens (including phenoxy) is 1. The van der Waals surface area contributed by atoms with Crippen molar-refractivity contribution in [3.05, 3.63) is 51.0 Å². The molecule has 1 aromatic carbocycles. The number of nitro groups is 1. The van der Waals surface area contributed by atoms with Crippen LogP contribution in [0.2, 0.25) is 0 Å². The number of esters is 1. The molecular formula is C22H25N7O11S2. The predicted octanol–water partition coefficient (Wildman–Crippen LogP) is -0.489. The third kappa shape index (κ3) is 7.53. The summed E-state index contributed by atoms with van der Waals surface area (Å²) < 4.78 is 37.9. The molecule has 1 aromatic heterocycles. The molecule has 0 bridgehead atoms. The van der Waals surface area contributed by atoms with E-state index in [1.165, 1.54) is 43.5 Å². The van der Waals surface area contributed by atoms with Gasteiger partial charge in [-0.2, -0.15) is 8.42 Å². The summed E-state index contributed by atoms with van der Waals surface area (Å²) in [5.41, 5.74) is 3.52. The van der Waals surface area contributed by atoms with E-state index in [1.54, 1.807) is 0 Å². The van der Waals surface area contributed by atoms with Crippen LogP contribution in [0, 0.1) is 10.1 Å². The first-order chi connectivity index (χ1) is 19.5. The van der Waals surface area contributed by atoms with Crippen LogP contribution >= 0.6 is 11.3 Å². The van der Waals surface area contributed by atoms with Crippen LogP contribution in [-0.2, 0) is 45.7 Å². The number of anilines is 1. The summed E-state index contributed by atoms with van der Waals surface area (Å²) in [6, 6.07) is 2.40. The molecular weight excluding hydrogens is 602 g/mol. The monoisotopic (exact) mass is 627 g/mol. The number of non-ortho nitro benzene ring substituents is 1. The molecule has 2 heterocycles. The number of hydrogen-bond acceptors (Lipinski definition) is 14. The first-order valence-corrected chi connectivity index (χ1v) is 14.0. The summed E-state index contributed by atoms with van der Waals surface area (Å²) in [5.74, 6) is -3.76. The number of nitrogens with one attached hydrogen (secondary N) is 2. The van der Waals surface area contributed by atoms with Gasteiger partial charge in [-0.05, 0) is 31.5 Å². The molecule has 18 nitrogen and oxygen atoms in total. The molecule has 0 radical (unpaired) electrons. The Labute approximate surface area is 241 Å². The fraction of sp³-hybridized carbons (Fsp3) is 0.364. The summed E-state index contributed by atoms with van der Waals surface area (Å²) in [7, 11) is -5.00. The van der Waals surface area contributed by atoms with Gasteiger partial charge in [0.05, 0.1) is 11.0 Å². The van der Waals surface area contributed by atoms with Gasteiger partial charge in [-0.15, -0.1) is 11.3 Å². The lowest BCUT2D eigenvalue weighted by Gasteiger charge is -2.44. The molecule has 2 atom stereocenters. The smallest absolute Gasteiger partial charge is 0.362 e. The number of nitrogen functional groups attached to an aromatic ring is 1. The van der Waals surface area contributed by atoms with E-state index in [1.807, 2.05) is 0 Å². The number of oxime groups is 1. The highest BCUT2D eigenvalue weighted by atomic mass is 32.2. The standard InChI is InChI=1S/C22H25N7O11S2/c1-11(30)24-8-15-17(19(32)28(15)42(36,37)38)26-18(31)16(14-10-41-21(23)25-14)27-40-22(2,3)20(33)39-9-12-4-6-13(7-5-12)29(34)35/h4-7,10,15,17H,8-9H2,1-3H3,(H2,23,25)(H,24,30)(H,26,31)(H,36,37,38)/b27-16-/t15-,17+/m0/s1. The van der Waals surface area contributed by atoms with E-state index in [9.17, 15) is 42.3 Å². The maximum Gasteiger partial charge on any atom is 0.362 e. The number of β-lactam (4-membered cyclic amide) rings is 1. The van der Waals surface area contributed by atoms with Crippen molar-refractivity contribution < 1.29 is 46.6 Å². The number of hydrogen-bond donors (Lipinski definition) is 4. The minimum atomic E-state index is -5.00. The lowest BCUT2D eigenvalue weighted by molar-refractivity contribution is -0.384. The fourth-order valence-electron chi connectivity index (χ4n) is 3.45. The summed E-state index contributed by atoms with van der Waals surface area (Å²) in [6.07, 6.45) is 0. The van der Waals surface area contributed by atoms with Crippen molar-refractivity contribution in [2.75, 3.05) is 12.3 Å². The highest BCUT2D eigenvalue weighted by molar-refractivity contribution is 7.84. The highest BCUT2D eigenvalue weighted by Gasteiger charge is 2.54. The summed E-state index contributed by atoms with van der Waals surface area (Å²) in [4.78, 5) is 69.1. The Hall–Kier alpha value is -4.69. The number of carbonyl (C=O) groups is 4. The zero-order chi connectivity index (χ0) is 31.4. The van der Waals surface area contributed by atoms with Crippen LogP contribution in [0.5, 0.6) is 0 Å². The van der Waals surface area contributed by atoms with Crippen molar-refractivity contribution in [2.45, 2.75) is 45.1 Å². The van der Waals surface area contributed by atoms with Gasteiger partial charge in [-0.1, -0.05) is 5.16 Å². The molecule has 3 rings (SSSR count). The minimum absolute atomic E-state index is 0.0353. The summed E-state index contributed by atoms with van der Waals surface area (Å²) >= 11 is 0.935. The molecule has 0 spiro atoms. The van der Waals surface area contributed by atoms with Crippen molar-refractivity contribution in [3.8, 4) is 0 Å². The molecule has 42 heavy (non-hydrogen) atoms. The van der Waals surface area contributed by atoms with E-state index >= 15 is 0 Å². The highest BCUT2D eigenvalue weighted by Crippen LogP contribution is 2.24. The molecule has 1 aliphatic heterocycles. The summed E-state index contributed by atoms with van der Waals surface area (Å²) in [5, 5.41) is 20.5. The number of nitro benzene ring substituents is 1. The van der Waals surface area contributed by atoms with Gasteiger partial charge in [0.25, 0.3) is 17.5 Å². The molecule has 0 saturated carbocycles. The number of carbonyl (C=O) groups excluding carboxylic acids is 4. The van der Waals surface area contributed by atoms with Gasteiger partial charge in [-0.25, -0.2) is 14.1 Å². The maximum absolute atomic E-state index is 13.2. The largest absolute Gasteiger partial charge is 0.458 e. The normalized spacial score (nSPS) is 17.2. The van der Waals surface area contributed by atoms with Crippen LogP contribution in [0.4, 0.5) is 10.8 Å². The van der Waals surface area contributed by atoms with Gasteiger partial charge in [0.2, 0.25) is 11.5 Å². The van der Waals surface area contributed by atoms with Crippen molar-refractivity contribution in [1.29, 1.82) is 0 Å². The van der Waals surface area contributed by atoms with Crippen LogP contribution in [-0.4, -0.2) is 80.8 Å². The predicted molar refractivity (Wildman–Crippen MR) is 144 cm³/mol. The second-order valence-electron chi connectivity index (χ2n) is 9.18. The molecule has 0 aliphatic carbocycles. The number of benzene rings is 1. The first-order valence-electron chi connectivity index (χ1n) is 11.8. The van der Waals surface area contributed by atoms with Gasteiger partial charge < -0.3 is 25.9 Å². The molecule has 0 unspecified atom stereocenters. The maximum atomic E-state index is 13.2. The number of rotatable bonds is 12. The molecule has 1 aliphatic rings. The minimum Gasteiger partial charge on any atom is -0.458 e. The molecule has 226 valence electrons. The van der Waals surface area contributed by atoms with E-state index in [0.29, 0.717) is 5.56 Å². The zero-order valence-corrected chi connectivity index (χ0v) is 23.8. The van der Waals surface area contributed by atoms with E-state index in [0.717, 1.165) is 18.3 Å². The Morgan fingerprint density at radius 1 is 1.29 bits per heavy atom. The lowest BCUT2D eigenvalue weighted by atomic mass is 9.98. The number of amides is 3. The Morgan fingerprint density at radius 2 is 1.93 bits per heavy atom. The Kier molecular flexibility index (Phi) is 9.43. The fourth-order valence-corrected chi connectivity index (χ4v) is 4.88. The van der Waals surface area contributed by atoms with Crippen LogP contribution in [0.1, 0.15) is 32.0 Å². The van der Waals surface area contributed by atoms with Crippen LogP contribution in [0.25, 0.3) is 0 Å². The third-order valence-electron chi connectivity index (χ3n) is 5.62. The van der Waals surface area contributed by atoms with Crippen molar-refractivity contribution in [3.63, 3.8) is 0 Å². The van der Waals surface area contributed by atoms with Crippen molar-refractivity contribution in [2.24, 2.45) is 5.16 Å². The van der Waals surface area contributed by atoms with Gasteiger partial charge in [0.1, 0.15) is 18.3 Å². The second kappa shape index (κ2) is 12.4. The van der Waals surface area contributed by atoms with Crippen LogP contribution < -0.4 is 16.4 Å². The molecule has 1 saturated heterocycles. The lowest BCUT2D eigenvalue weighted by Crippen LogP contribution is -2.74. The molecule has 3 amide bonds. The zero-order valence-electron chi connectivity index (χ0n) is 22.2. The Balaban J connectivity index is 1.77. The van der Waals surface area contributed by atoms with Crippen LogP contribution in [0.15, 0.2) is 34.8 Å². The molecule has 2 aromatic rings.